The molecule has 1 heterocycles. The average molecular weight is 451 g/mol. The number of hydrogen-bond acceptors (Lipinski definition) is 6. The number of aliphatic hydroxyl groups is 4. The summed E-state index contributed by atoms with van der Waals surface area (Å²) in [6.07, 6.45) is 11.6. The molecular weight excluding hydrogens is 408 g/mol. The van der Waals surface area contributed by atoms with Gasteiger partial charge in [-0.25, -0.2) is 30.1 Å². The molecule has 1 fully saturated rings. The second kappa shape index (κ2) is 10.2. The first-order chi connectivity index (χ1) is 12.2. The van der Waals surface area contributed by atoms with Crippen LogP contribution in [-0.4, -0.2) is 124 Å². The highest BCUT2D eigenvalue weighted by atomic mass is 32.3. The molecule has 0 bridgehead atoms. The third-order valence-corrected chi connectivity index (χ3v) is 15.7. The summed E-state index contributed by atoms with van der Waals surface area (Å²) in [5.74, 6) is 1.11. The van der Waals surface area contributed by atoms with Gasteiger partial charge < -0.3 is 29.9 Å². The van der Waals surface area contributed by atoms with Crippen molar-refractivity contribution in [2.75, 3.05) is 72.9 Å². The number of hydrogen-bond donors (Lipinski definition) is 4. The zero-order chi connectivity index (χ0) is 21.0. The molecule has 0 spiro atoms. The average Bonchev–Trinajstić information content (AvgIpc) is 2.47. The number of aliphatic hydroxyl groups excluding tert-OH is 4. The van der Waals surface area contributed by atoms with Crippen molar-refractivity contribution in [2.45, 2.75) is 37.1 Å². The van der Waals surface area contributed by atoms with Gasteiger partial charge in [-0.2, -0.15) is 0 Å². The Morgan fingerprint density at radius 3 is 1.78 bits per heavy atom. The SMILES string of the molecule is CS(C)(C)CS(C)(CCCO[C@@H]1O[C@H](CO)[C@@H](O)[C@H](O)[C@H]1O)CS(C)(C)C. The zero-order valence-corrected chi connectivity index (χ0v) is 20.4. The van der Waals surface area contributed by atoms with Crippen LogP contribution in [0.1, 0.15) is 6.42 Å². The van der Waals surface area contributed by atoms with Gasteiger partial charge in [0.2, 0.25) is 0 Å². The monoisotopic (exact) mass is 450 g/mol. The fourth-order valence-electron chi connectivity index (χ4n) is 3.67. The van der Waals surface area contributed by atoms with Crippen molar-refractivity contribution in [2.24, 2.45) is 0 Å². The van der Waals surface area contributed by atoms with Crippen LogP contribution in [0.25, 0.3) is 0 Å². The van der Waals surface area contributed by atoms with Crippen LogP contribution >= 0.6 is 30.1 Å². The molecule has 0 aromatic carbocycles. The van der Waals surface area contributed by atoms with E-state index in [0.29, 0.717) is 6.61 Å². The molecule has 0 saturated carbocycles. The topological polar surface area (TPSA) is 99.4 Å². The van der Waals surface area contributed by atoms with E-state index in [2.05, 4.69) is 43.8 Å². The minimum Gasteiger partial charge on any atom is -0.394 e. The molecule has 27 heavy (non-hydrogen) atoms. The van der Waals surface area contributed by atoms with Gasteiger partial charge in [-0.3, -0.25) is 0 Å². The van der Waals surface area contributed by atoms with Crippen molar-refractivity contribution < 1.29 is 29.9 Å². The lowest BCUT2D eigenvalue weighted by molar-refractivity contribution is -0.300. The van der Waals surface area contributed by atoms with Crippen LogP contribution in [0.2, 0.25) is 0 Å². The minimum atomic E-state index is -1.38. The Hall–Kier alpha value is 0.810. The fourth-order valence-corrected chi connectivity index (χ4v) is 20.0. The Bertz CT molecular complexity index is 433. The molecule has 1 rings (SSSR count). The maximum Gasteiger partial charge on any atom is 0.186 e. The minimum absolute atomic E-state index is 0.421. The molecule has 9 heteroatoms. The molecule has 0 aromatic heterocycles. The Balaban J connectivity index is 2.60. The highest BCUT2D eigenvalue weighted by Crippen LogP contribution is 2.62. The van der Waals surface area contributed by atoms with Crippen LogP contribution in [0.15, 0.2) is 0 Å². The van der Waals surface area contributed by atoms with Crippen molar-refractivity contribution in [3.63, 3.8) is 0 Å². The third kappa shape index (κ3) is 9.00. The van der Waals surface area contributed by atoms with Crippen molar-refractivity contribution in [1.82, 2.24) is 0 Å². The molecule has 0 unspecified atom stereocenters. The van der Waals surface area contributed by atoms with E-state index < -0.39 is 67.4 Å². The van der Waals surface area contributed by atoms with Crippen LogP contribution in [0, 0.1) is 0 Å². The van der Waals surface area contributed by atoms with E-state index in [9.17, 15) is 20.4 Å². The van der Waals surface area contributed by atoms with Crippen LogP contribution in [0.4, 0.5) is 0 Å². The van der Waals surface area contributed by atoms with Crippen LogP contribution in [0.5, 0.6) is 0 Å². The van der Waals surface area contributed by atoms with Crippen molar-refractivity contribution in [1.29, 1.82) is 0 Å². The van der Waals surface area contributed by atoms with Crippen molar-refractivity contribution in [3.8, 4) is 0 Å². The summed E-state index contributed by atoms with van der Waals surface area (Å²) in [5, 5.41) is 41.6. The standard InChI is InChI=1S/C18H42O6S3/c1-25(2,3)12-27(7,13-26(4,5)6)10-8-9-23-18-17(22)16(21)15(20)14(11-19)24-18/h14-22H,8-13H2,1-7H3/t14-,15-,16+,17-,18-/m1/s1. The van der Waals surface area contributed by atoms with E-state index in [1.54, 1.807) is 0 Å². The summed E-state index contributed by atoms with van der Waals surface area (Å²) in [5.41, 5.74) is 0. The summed E-state index contributed by atoms with van der Waals surface area (Å²) >= 11 is 0. The Labute approximate surface area is 170 Å². The van der Waals surface area contributed by atoms with Crippen LogP contribution in [-0.2, 0) is 9.47 Å². The van der Waals surface area contributed by atoms with Gasteiger partial charge >= 0.3 is 0 Å². The fraction of sp³-hybridized carbons (Fsp3) is 1.00. The maximum atomic E-state index is 10.1. The third-order valence-electron chi connectivity index (χ3n) is 4.19. The molecule has 1 aliphatic heterocycles. The second-order valence-corrected chi connectivity index (χ2v) is 23.1. The molecule has 1 aliphatic rings. The molecule has 0 amide bonds. The molecule has 0 radical (unpaired) electrons. The van der Waals surface area contributed by atoms with Gasteiger partial charge in [-0.1, -0.05) is 0 Å². The van der Waals surface area contributed by atoms with Gasteiger partial charge in [-0.15, -0.1) is 0 Å². The molecule has 5 atom stereocenters. The van der Waals surface area contributed by atoms with E-state index in [4.69, 9.17) is 9.47 Å². The van der Waals surface area contributed by atoms with Crippen LogP contribution in [0.3, 0.4) is 0 Å². The molecular formula is C18H42O6S3. The molecule has 1 saturated heterocycles. The summed E-state index contributed by atoms with van der Waals surface area (Å²) in [7, 11) is -1.92. The van der Waals surface area contributed by atoms with E-state index in [1.807, 2.05) is 0 Å². The highest BCUT2D eigenvalue weighted by Gasteiger charge is 2.44. The predicted octanol–water partition coefficient (Wildman–Crippen LogP) is 0.930. The molecule has 0 aliphatic carbocycles. The Morgan fingerprint density at radius 2 is 1.33 bits per heavy atom. The zero-order valence-electron chi connectivity index (χ0n) is 18.0. The van der Waals surface area contributed by atoms with E-state index in [0.717, 1.165) is 12.2 Å². The van der Waals surface area contributed by atoms with E-state index in [-0.39, 0.29) is 0 Å². The summed E-state index contributed by atoms with van der Waals surface area (Å²) in [4.78, 5) is 0. The first-order valence-corrected chi connectivity index (χ1v) is 17.7. The highest BCUT2D eigenvalue weighted by molar-refractivity contribution is 8.54. The predicted molar refractivity (Wildman–Crippen MR) is 123 cm³/mol. The van der Waals surface area contributed by atoms with E-state index >= 15 is 0 Å². The number of ether oxygens (including phenoxy) is 2. The lowest BCUT2D eigenvalue weighted by Gasteiger charge is -2.48. The van der Waals surface area contributed by atoms with Gasteiger partial charge in [0, 0.05) is 10.2 Å². The quantitative estimate of drug-likeness (QED) is 0.370. The van der Waals surface area contributed by atoms with Crippen molar-refractivity contribution in [3.05, 3.63) is 0 Å². The molecule has 4 N–H and O–H groups in total. The number of rotatable bonds is 10. The summed E-state index contributed by atoms with van der Waals surface area (Å²) in [6.45, 7) is -0.0139. The first kappa shape index (κ1) is 25.8. The lowest BCUT2D eigenvalue weighted by atomic mass is 9.99. The largest absolute Gasteiger partial charge is 0.394 e. The first-order valence-electron chi connectivity index (χ1n) is 9.13. The maximum absolute atomic E-state index is 10.1. The summed E-state index contributed by atoms with van der Waals surface area (Å²) < 4.78 is 11.1. The Kier molecular flexibility index (Phi) is 9.78. The Morgan fingerprint density at radius 1 is 0.815 bits per heavy atom. The molecule has 6 nitrogen and oxygen atoms in total. The smallest absolute Gasteiger partial charge is 0.186 e. The van der Waals surface area contributed by atoms with Gasteiger partial charge in [-0.05, 0) is 56.0 Å². The van der Waals surface area contributed by atoms with Crippen molar-refractivity contribution >= 4 is 30.1 Å². The second-order valence-electron chi connectivity index (χ2n) is 9.52. The van der Waals surface area contributed by atoms with Gasteiger partial charge in [0.25, 0.3) is 0 Å². The summed E-state index contributed by atoms with van der Waals surface area (Å²) in [6, 6.07) is 0. The molecule has 0 aromatic rings. The van der Waals surface area contributed by atoms with Gasteiger partial charge in [0.15, 0.2) is 6.29 Å². The molecule has 168 valence electrons. The van der Waals surface area contributed by atoms with Gasteiger partial charge in [0.05, 0.1) is 13.2 Å². The van der Waals surface area contributed by atoms with E-state index in [1.165, 1.54) is 10.2 Å². The van der Waals surface area contributed by atoms with Crippen LogP contribution < -0.4 is 0 Å². The lowest BCUT2D eigenvalue weighted by Crippen LogP contribution is -2.59. The normalized spacial score (nSPS) is 32.3. The van der Waals surface area contributed by atoms with Gasteiger partial charge in [0.1, 0.15) is 24.4 Å².